The summed E-state index contributed by atoms with van der Waals surface area (Å²) in [6.45, 7) is 1.78. The topological polar surface area (TPSA) is 73.7 Å². The van der Waals surface area contributed by atoms with Crippen LogP contribution in [0.25, 0.3) is 0 Å². The first-order chi connectivity index (χ1) is 10.2. The summed E-state index contributed by atoms with van der Waals surface area (Å²) in [6.07, 6.45) is 3.45. The Bertz CT molecular complexity index is 843. The molecule has 1 aromatic heterocycles. The minimum absolute atomic E-state index is 0.356. The van der Waals surface area contributed by atoms with Gasteiger partial charge in [0.05, 0.1) is 17.1 Å². The highest BCUT2D eigenvalue weighted by molar-refractivity contribution is 6.24. The van der Waals surface area contributed by atoms with Crippen molar-refractivity contribution in [3.05, 3.63) is 76.9 Å². The molecule has 1 heterocycles. The van der Waals surface area contributed by atoms with Crippen LogP contribution in [0.2, 0.25) is 0 Å². The van der Waals surface area contributed by atoms with Gasteiger partial charge in [0, 0.05) is 11.1 Å². The lowest BCUT2D eigenvalue weighted by molar-refractivity contribution is 0.165. The molecule has 0 bridgehead atoms. The lowest BCUT2D eigenvalue weighted by Crippen LogP contribution is -2.20. The highest BCUT2D eigenvalue weighted by Crippen LogP contribution is 2.16. The average molecular weight is 278 g/mol. The summed E-state index contributed by atoms with van der Waals surface area (Å²) in [5.41, 5.74) is 3.85. The van der Waals surface area contributed by atoms with Crippen molar-refractivity contribution in [2.24, 2.45) is 10.2 Å². The van der Waals surface area contributed by atoms with Crippen LogP contribution in [0.5, 0.6) is 0 Å². The molecule has 1 aliphatic carbocycles. The van der Waals surface area contributed by atoms with Crippen LogP contribution in [-0.4, -0.2) is 21.4 Å². The van der Waals surface area contributed by atoms with E-state index in [1.807, 2.05) is 24.3 Å². The molecule has 104 valence electrons. The molecule has 0 aliphatic heterocycles. The third kappa shape index (κ3) is 2.41. The van der Waals surface area contributed by atoms with E-state index in [0.717, 1.165) is 15.9 Å². The summed E-state index contributed by atoms with van der Waals surface area (Å²) >= 11 is 0. The van der Waals surface area contributed by atoms with E-state index >= 15 is 0 Å². The molecule has 2 aromatic rings. The number of fused-ring (bicyclic) bond motifs is 1. The van der Waals surface area contributed by atoms with Gasteiger partial charge >= 0.3 is 0 Å². The van der Waals surface area contributed by atoms with Crippen molar-refractivity contribution >= 4 is 11.4 Å². The summed E-state index contributed by atoms with van der Waals surface area (Å²) in [5.74, 6) is 0. The third-order valence-electron chi connectivity index (χ3n) is 3.30. The highest BCUT2D eigenvalue weighted by Gasteiger charge is 2.13. The number of hydrogen-bond donors (Lipinski definition) is 2. The van der Waals surface area contributed by atoms with Gasteiger partial charge in [0.2, 0.25) is 0 Å². The Hall–Kier alpha value is -2.95. The van der Waals surface area contributed by atoms with E-state index in [-0.39, 0.29) is 0 Å². The molecule has 0 unspecified atom stereocenters. The fourth-order valence-corrected chi connectivity index (χ4v) is 2.15. The zero-order chi connectivity index (χ0) is 14.8. The van der Waals surface area contributed by atoms with E-state index in [1.54, 1.807) is 37.3 Å². The number of benzene rings is 1. The van der Waals surface area contributed by atoms with Crippen LogP contribution < -0.4 is 5.49 Å². The smallest absolute Gasteiger partial charge is 0.190 e. The van der Waals surface area contributed by atoms with Gasteiger partial charge in [0.15, 0.2) is 5.49 Å². The van der Waals surface area contributed by atoms with Crippen molar-refractivity contribution in [3.63, 3.8) is 0 Å². The molecule has 0 atom stereocenters. The standard InChI is InChI=1S/C16H14N4O/c1-11-5-4-8-16(20(11)21)19-18-15-10-9-14(17)12-6-2-3-7-13(12)15/h2-10,17,21H,1H3/b17-14?,18-15+,19-16-. The predicted octanol–water partition coefficient (Wildman–Crippen LogP) is 2.28. The van der Waals surface area contributed by atoms with Gasteiger partial charge in [0.1, 0.15) is 0 Å². The van der Waals surface area contributed by atoms with E-state index in [4.69, 9.17) is 5.41 Å². The first kappa shape index (κ1) is 13.1. The van der Waals surface area contributed by atoms with Crippen molar-refractivity contribution in [1.82, 2.24) is 4.73 Å². The number of pyridine rings is 1. The number of rotatable bonds is 1. The summed E-state index contributed by atoms with van der Waals surface area (Å²) in [4.78, 5) is 0. The molecular formula is C16H14N4O. The summed E-state index contributed by atoms with van der Waals surface area (Å²) < 4.78 is 0.991. The Balaban J connectivity index is 2.11. The molecule has 1 aliphatic rings. The fourth-order valence-electron chi connectivity index (χ4n) is 2.15. The molecule has 1 aromatic carbocycles. The van der Waals surface area contributed by atoms with Crippen molar-refractivity contribution < 1.29 is 5.21 Å². The van der Waals surface area contributed by atoms with Crippen LogP contribution in [0, 0.1) is 12.3 Å². The van der Waals surface area contributed by atoms with Crippen LogP contribution >= 0.6 is 0 Å². The SMILES string of the molecule is Cc1ccc/c(=N/N=C2\C=CC(=N)c3ccccc32)n1O. The van der Waals surface area contributed by atoms with Crippen LogP contribution in [0.1, 0.15) is 16.8 Å². The summed E-state index contributed by atoms with van der Waals surface area (Å²) in [5, 5.41) is 26.1. The molecule has 0 saturated heterocycles. The van der Waals surface area contributed by atoms with E-state index in [9.17, 15) is 5.21 Å². The van der Waals surface area contributed by atoms with Crippen LogP contribution in [0.15, 0.2) is 64.8 Å². The monoisotopic (exact) mass is 278 g/mol. The maximum atomic E-state index is 9.87. The Morgan fingerprint density at radius 1 is 0.952 bits per heavy atom. The number of aromatic nitrogens is 1. The number of nitrogens with zero attached hydrogens (tertiary/aromatic N) is 3. The second kappa shape index (κ2) is 5.20. The largest absolute Gasteiger partial charge is 0.427 e. The van der Waals surface area contributed by atoms with Crippen LogP contribution in [-0.2, 0) is 0 Å². The zero-order valence-electron chi connectivity index (χ0n) is 11.5. The maximum absolute atomic E-state index is 9.87. The molecule has 21 heavy (non-hydrogen) atoms. The lowest BCUT2D eigenvalue weighted by Gasteiger charge is -2.12. The van der Waals surface area contributed by atoms with Gasteiger partial charge in [0.25, 0.3) is 0 Å². The van der Waals surface area contributed by atoms with Gasteiger partial charge in [-0.15, -0.1) is 10.2 Å². The number of allylic oxidation sites excluding steroid dienone is 2. The van der Waals surface area contributed by atoms with E-state index < -0.39 is 0 Å². The minimum atomic E-state index is 0.356. The Morgan fingerprint density at radius 2 is 1.71 bits per heavy atom. The number of hydrogen-bond acceptors (Lipinski definition) is 4. The quantitative estimate of drug-likeness (QED) is 0.609. The van der Waals surface area contributed by atoms with Gasteiger partial charge in [-0.05, 0) is 31.2 Å². The molecule has 0 spiro atoms. The van der Waals surface area contributed by atoms with Gasteiger partial charge < -0.3 is 10.6 Å². The van der Waals surface area contributed by atoms with E-state index in [1.165, 1.54) is 0 Å². The van der Waals surface area contributed by atoms with Crippen LogP contribution in [0.3, 0.4) is 0 Å². The summed E-state index contributed by atoms with van der Waals surface area (Å²) in [7, 11) is 0. The predicted molar refractivity (Wildman–Crippen MR) is 80.9 cm³/mol. The summed E-state index contributed by atoms with van der Waals surface area (Å²) in [6, 6.07) is 12.9. The minimum Gasteiger partial charge on any atom is -0.427 e. The molecule has 0 radical (unpaired) electrons. The Labute approximate surface area is 121 Å². The van der Waals surface area contributed by atoms with Crippen molar-refractivity contribution in [1.29, 1.82) is 5.41 Å². The van der Waals surface area contributed by atoms with Crippen molar-refractivity contribution in [2.75, 3.05) is 0 Å². The second-order valence-corrected chi connectivity index (χ2v) is 4.71. The molecule has 2 N–H and O–H groups in total. The van der Waals surface area contributed by atoms with Crippen molar-refractivity contribution in [2.45, 2.75) is 6.92 Å². The van der Waals surface area contributed by atoms with Gasteiger partial charge in [-0.3, -0.25) is 0 Å². The maximum Gasteiger partial charge on any atom is 0.190 e. The lowest BCUT2D eigenvalue weighted by atomic mass is 9.94. The highest BCUT2D eigenvalue weighted by atomic mass is 16.5. The molecule has 5 heteroatoms. The van der Waals surface area contributed by atoms with Gasteiger partial charge in [-0.2, -0.15) is 4.73 Å². The van der Waals surface area contributed by atoms with Gasteiger partial charge in [-0.1, -0.05) is 30.3 Å². The van der Waals surface area contributed by atoms with Crippen molar-refractivity contribution in [3.8, 4) is 0 Å². The molecular weight excluding hydrogens is 264 g/mol. The molecule has 0 amide bonds. The average Bonchev–Trinajstić information content (AvgIpc) is 2.51. The Morgan fingerprint density at radius 3 is 2.52 bits per heavy atom. The first-order valence-electron chi connectivity index (χ1n) is 6.53. The normalized spacial score (nSPS) is 16.3. The molecule has 0 saturated carbocycles. The third-order valence-corrected chi connectivity index (χ3v) is 3.30. The molecule has 0 fully saturated rings. The fraction of sp³-hybridized carbons (Fsp3) is 0.0625. The number of nitrogens with one attached hydrogen (secondary N) is 1. The molecule has 3 rings (SSSR count). The molecule has 5 nitrogen and oxygen atoms in total. The zero-order valence-corrected chi connectivity index (χ0v) is 11.5. The van der Waals surface area contributed by atoms with E-state index in [2.05, 4.69) is 10.2 Å². The Kier molecular flexibility index (Phi) is 3.23. The van der Waals surface area contributed by atoms with E-state index in [0.29, 0.717) is 22.6 Å². The first-order valence-corrected chi connectivity index (χ1v) is 6.53. The second-order valence-electron chi connectivity index (χ2n) is 4.71. The van der Waals surface area contributed by atoms with Gasteiger partial charge in [-0.25, -0.2) is 0 Å². The van der Waals surface area contributed by atoms with Crippen LogP contribution in [0.4, 0.5) is 0 Å². The number of aryl methyl sites for hydroxylation is 1.